The first-order chi connectivity index (χ1) is 10.1. The number of nitrogens with one attached hydrogen (secondary N) is 1. The molecule has 1 saturated heterocycles. The molecule has 114 valence electrons. The van der Waals surface area contributed by atoms with Crippen LogP contribution in [0.25, 0.3) is 0 Å². The molecule has 0 aromatic heterocycles. The van der Waals surface area contributed by atoms with Gasteiger partial charge in [0.05, 0.1) is 7.11 Å². The maximum Gasteiger partial charge on any atom is 0.244 e. The van der Waals surface area contributed by atoms with E-state index in [2.05, 4.69) is 36.2 Å². The summed E-state index contributed by atoms with van der Waals surface area (Å²) in [7, 11) is 1.67. The smallest absolute Gasteiger partial charge is 0.244 e. The summed E-state index contributed by atoms with van der Waals surface area (Å²) in [5.41, 5.74) is 0.864. The zero-order valence-corrected chi connectivity index (χ0v) is 13.1. The van der Waals surface area contributed by atoms with Crippen molar-refractivity contribution in [3.8, 4) is 5.75 Å². The molecule has 21 heavy (non-hydrogen) atoms. The highest BCUT2D eigenvalue weighted by Crippen LogP contribution is 2.47. The number of hydrogen-bond acceptors (Lipinski definition) is 3. The third kappa shape index (κ3) is 2.42. The average molecular weight is 288 g/mol. The Morgan fingerprint density at radius 3 is 2.57 bits per heavy atom. The Kier molecular flexibility index (Phi) is 3.66. The van der Waals surface area contributed by atoms with Gasteiger partial charge in [-0.3, -0.25) is 10.1 Å². The molecular formula is C17H24N2O2. The van der Waals surface area contributed by atoms with Crippen molar-refractivity contribution >= 4 is 5.91 Å². The number of carbonyl (C=O) groups excluding carboxylic acids is 1. The maximum atomic E-state index is 12.8. The number of carbonyl (C=O) groups is 1. The zero-order chi connectivity index (χ0) is 15.0. The number of rotatable bonds is 5. The van der Waals surface area contributed by atoms with Crippen LogP contribution in [-0.4, -0.2) is 29.5 Å². The van der Waals surface area contributed by atoms with Crippen LogP contribution >= 0.6 is 0 Å². The van der Waals surface area contributed by atoms with Crippen LogP contribution in [0.15, 0.2) is 24.3 Å². The van der Waals surface area contributed by atoms with E-state index in [1.165, 1.54) is 0 Å². The Balaban J connectivity index is 1.88. The molecule has 1 aromatic carbocycles. The molecular weight excluding hydrogens is 264 g/mol. The molecule has 1 aliphatic carbocycles. The highest BCUT2D eigenvalue weighted by Gasteiger charge is 2.60. The summed E-state index contributed by atoms with van der Waals surface area (Å²) >= 11 is 0. The highest BCUT2D eigenvalue weighted by molar-refractivity contribution is 5.92. The summed E-state index contributed by atoms with van der Waals surface area (Å²) in [6.07, 6.45) is 4.05. The molecule has 1 spiro atoms. The minimum absolute atomic E-state index is 0.00699. The van der Waals surface area contributed by atoms with Gasteiger partial charge in [0.1, 0.15) is 17.5 Å². The van der Waals surface area contributed by atoms with Gasteiger partial charge in [-0.2, -0.15) is 0 Å². The molecule has 1 heterocycles. The number of benzene rings is 1. The van der Waals surface area contributed by atoms with Crippen LogP contribution in [0, 0.1) is 0 Å². The molecule has 1 amide bonds. The van der Waals surface area contributed by atoms with Crippen LogP contribution in [-0.2, 0) is 4.79 Å². The Hall–Kier alpha value is -1.55. The second-order valence-electron chi connectivity index (χ2n) is 6.25. The maximum absolute atomic E-state index is 12.8. The molecule has 1 saturated carbocycles. The van der Waals surface area contributed by atoms with Crippen LogP contribution in [0.3, 0.4) is 0 Å². The number of hydrogen-bond donors (Lipinski definition) is 1. The fraction of sp³-hybridized carbons (Fsp3) is 0.588. The lowest BCUT2D eigenvalue weighted by molar-refractivity contribution is -0.132. The van der Waals surface area contributed by atoms with Crippen LogP contribution < -0.4 is 10.1 Å². The van der Waals surface area contributed by atoms with Crippen molar-refractivity contribution in [2.45, 2.75) is 57.3 Å². The highest BCUT2D eigenvalue weighted by atomic mass is 16.5. The third-order valence-corrected chi connectivity index (χ3v) is 4.70. The fourth-order valence-corrected chi connectivity index (χ4v) is 3.28. The van der Waals surface area contributed by atoms with Crippen LogP contribution in [0.4, 0.5) is 0 Å². The SMILES string of the molecule is CCCC(C)N1C(=O)C2(CC2)NC1c1ccc(OC)cc1. The Morgan fingerprint density at radius 2 is 2.05 bits per heavy atom. The van der Waals surface area contributed by atoms with Crippen molar-refractivity contribution in [1.82, 2.24) is 10.2 Å². The molecule has 1 aliphatic heterocycles. The minimum Gasteiger partial charge on any atom is -0.497 e. The normalized spacial score (nSPS) is 24.4. The van der Waals surface area contributed by atoms with Crippen molar-refractivity contribution in [3.63, 3.8) is 0 Å². The molecule has 2 atom stereocenters. The van der Waals surface area contributed by atoms with E-state index in [4.69, 9.17) is 4.74 Å². The standard InChI is InChI=1S/C17H24N2O2/c1-4-5-12(2)19-15(18-17(10-11-17)16(19)20)13-6-8-14(21-3)9-7-13/h6-9,12,15,18H,4-5,10-11H2,1-3H3. The van der Waals surface area contributed by atoms with Crippen molar-refractivity contribution in [2.24, 2.45) is 0 Å². The van der Waals surface area contributed by atoms with E-state index in [0.717, 1.165) is 37.0 Å². The van der Waals surface area contributed by atoms with E-state index in [-0.39, 0.29) is 23.7 Å². The summed E-state index contributed by atoms with van der Waals surface area (Å²) in [6.45, 7) is 4.32. The van der Waals surface area contributed by atoms with Gasteiger partial charge in [0.25, 0.3) is 0 Å². The van der Waals surface area contributed by atoms with Gasteiger partial charge in [-0.15, -0.1) is 0 Å². The first kappa shape index (κ1) is 14.4. The quantitative estimate of drug-likeness (QED) is 0.906. The van der Waals surface area contributed by atoms with Gasteiger partial charge in [-0.1, -0.05) is 25.5 Å². The molecule has 2 fully saturated rings. The van der Waals surface area contributed by atoms with E-state index in [1.807, 2.05) is 12.1 Å². The van der Waals surface area contributed by atoms with E-state index in [1.54, 1.807) is 7.11 Å². The summed E-state index contributed by atoms with van der Waals surface area (Å²) in [5.74, 6) is 1.13. The predicted molar refractivity (Wildman–Crippen MR) is 82.1 cm³/mol. The summed E-state index contributed by atoms with van der Waals surface area (Å²) in [6, 6.07) is 8.29. The predicted octanol–water partition coefficient (Wildman–Crippen LogP) is 2.85. The van der Waals surface area contributed by atoms with Gasteiger partial charge in [-0.25, -0.2) is 0 Å². The van der Waals surface area contributed by atoms with Crippen LogP contribution in [0.1, 0.15) is 51.3 Å². The molecule has 0 radical (unpaired) electrons. The molecule has 4 nitrogen and oxygen atoms in total. The van der Waals surface area contributed by atoms with E-state index >= 15 is 0 Å². The average Bonchev–Trinajstić information content (AvgIpc) is 3.21. The van der Waals surface area contributed by atoms with Crippen LogP contribution in [0.2, 0.25) is 0 Å². The molecule has 3 rings (SSSR count). The van der Waals surface area contributed by atoms with Gasteiger partial charge < -0.3 is 9.64 Å². The van der Waals surface area contributed by atoms with Crippen molar-refractivity contribution in [2.75, 3.05) is 7.11 Å². The second-order valence-corrected chi connectivity index (χ2v) is 6.25. The second kappa shape index (κ2) is 5.34. The van der Waals surface area contributed by atoms with Crippen molar-refractivity contribution < 1.29 is 9.53 Å². The van der Waals surface area contributed by atoms with Gasteiger partial charge in [0, 0.05) is 6.04 Å². The van der Waals surface area contributed by atoms with E-state index < -0.39 is 0 Å². The Morgan fingerprint density at radius 1 is 1.38 bits per heavy atom. The largest absolute Gasteiger partial charge is 0.497 e. The number of methoxy groups -OCH3 is 1. The monoisotopic (exact) mass is 288 g/mol. The lowest BCUT2D eigenvalue weighted by Gasteiger charge is -2.30. The lowest BCUT2D eigenvalue weighted by atomic mass is 10.1. The molecule has 2 unspecified atom stereocenters. The van der Waals surface area contributed by atoms with Gasteiger partial charge in [0.2, 0.25) is 5.91 Å². The number of nitrogens with zero attached hydrogens (tertiary/aromatic N) is 1. The Labute approximate surface area is 126 Å². The summed E-state index contributed by atoms with van der Waals surface area (Å²) in [5, 5.41) is 3.57. The summed E-state index contributed by atoms with van der Waals surface area (Å²) in [4.78, 5) is 14.8. The molecule has 0 bridgehead atoms. The van der Waals surface area contributed by atoms with E-state index in [0.29, 0.717) is 0 Å². The van der Waals surface area contributed by atoms with E-state index in [9.17, 15) is 4.79 Å². The molecule has 1 N–H and O–H groups in total. The molecule has 1 aromatic rings. The van der Waals surface area contributed by atoms with Crippen molar-refractivity contribution in [1.29, 1.82) is 0 Å². The number of ether oxygens (including phenoxy) is 1. The van der Waals surface area contributed by atoms with Gasteiger partial charge in [-0.05, 0) is 43.9 Å². The lowest BCUT2D eigenvalue weighted by Crippen LogP contribution is -2.38. The molecule has 2 aliphatic rings. The fourth-order valence-electron chi connectivity index (χ4n) is 3.28. The van der Waals surface area contributed by atoms with Crippen molar-refractivity contribution in [3.05, 3.63) is 29.8 Å². The third-order valence-electron chi connectivity index (χ3n) is 4.70. The zero-order valence-electron chi connectivity index (χ0n) is 13.1. The summed E-state index contributed by atoms with van der Waals surface area (Å²) < 4.78 is 5.22. The first-order valence-corrected chi connectivity index (χ1v) is 7.86. The Bertz CT molecular complexity index is 522. The number of amides is 1. The van der Waals surface area contributed by atoms with Gasteiger partial charge >= 0.3 is 0 Å². The molecule has 4 heteroatoms. The van der Waals surface area contributed by atoms with Gasteiger partial charge in [0.15, 0.2) is 0 Å². The topological polar surface area (TPSA) is 41.6 Å². The first-order valence-electron chi connectivity index (χ1n) is 7.86. The minimum atomic E-state index is -0.271. The van der Waals surface area contributed by atoms with Crippen LogP contribution in [0.5, 0.6) is 5.75 Å².